The maximum absolute atomic E-state index is 12.9. The lowest BCUT2D eigenvalue weighted by Crippen LogP contribution is -2.40. The zero-order valence-electron chi connectivity index (χ0n) is 18.0. The van der Waals surface area contributed by atoms with E-state index in [0.717, 1.165) is 22.8 Å². The van der Waals surface area contributed by atoms with Gasteiger partial charge in [0.15, 0.2) is 0 Å². The summed E-state index contributed by atoms with van der Waals surface area (Å²) in [5.74, 6) is 0. The fraction of sp³-hybridized carbons (Fsp3) is 0.174. The van der Waals surface area contributed by atoms with E-state index in [4.69, 9.17) is 4.74 Å². The molecule has 0 bridgehead atoms. The first-order valence-corrected chi connectivity index (χ1v) is 12.0. The van der Waals surface area contributed by atoms with Crippen LogP contribution in [-0.4, -0.2) is 53.5 Å². The standard InChI is InChI=1S/C23H21N5O5S/c29-28(30)23-15-19(34(31,32)26-11-13-33-14-12-26)9-10-21(23)25-17-5-7-18(8-6-17)27-16-24-20-3-1-2-4-22(20)27/h1-10,15-16,25H,11-14H2. The molecule has 1 saturated heterocycles. The Morgan fingerprint density at radius 3 is 2.47 bits per heavy atom. The zero-order valence-corrected chi connectivity index (χ0v) is 18.8. The molecular formula is C23H21N5O5S. The summed E-state index contributed by atoms with van der Waals surface area (Å²) in [4.78, 5) is 15.4. The average molecular weight is 480 g/mol. The molecule has 0 spiro atoms. The molecule has 1 fully saturated rings. The molecule has 1 aliphatic rings. The molecule has 34 heavy (non-hydrogen) atoms. The third-order valence-electron chi connectivity index (χ3n) is 5.65. The van der Waals surface area contributed by atoms with Crippen LogP contribution in [0.4, 0.5) is 17.1 Å². The van der Waals surface area contributed by atoms with Gasteiger partial charge in [-0.25, -0.2) is 13.4 Å². The van der Waals surface area contributed by atoms with Gasteiger partial charge in [-0.3, -0.25) is 14.7 Å². The Bertz CT molecular complexity index is 1460. The number of nitro benzene ring substituents is 1. The number of hydrogen-bond donors (Lipinski definition) is 1. The molecule has 0 atom stereocenters. The first-order valence-electron chi connectivity index (χ1n) is 10.6. The molecule has 4 aromatic rings. The number of fused-ring (bicyclic) bond motifs is 1. The molecule has 0 radical (unpaired) electrons. The maximum atomic E-state index is 12.9. The van der Waals surface area contributed by atoms with Crippen LogP contribution in [0.2, 0.25) is 0 Å². The third-order valence-corrected chi connectivity index (χ3v) is 7.55. The van der Waals surface area contributed by atoms with Crippen molar-refractivity contribution in [1.82, 2.24) is 13.9 Å². The fourth-order valence-electron chi connectivity index (χ4n) is 3.89. The molecule has 174 valence electrons. The van der Waals surface area contributed by atoms with Gasteiger partial charge in [0.1, 0.15) is 12.0 Å². The molecule has 1 aromatic heterocycles. The summed E-state index contributed by atoms with van der Waals surface area (Å²) in [6.07, 6.45) is 1.74. The molecule has 10 nitrogen and oxygen atoms in total. The Labute approximate surface area is 195 Å². The van der Waals surface area contributed by atoms with Gasteiger partial charge in [0.25, 0.3) is 5.69 Å². The highest BCUT2D eigenvalue weighted by Gasteiger charge is 2.29. The summed E-state index contributed by atoms with van der Waals surface area (Å²) in [5, 5.41) is 14.8. The topological polar surface area (TPSA) is 120 Å². The number of benzene rings is 3. The predicted octanol–water partition coefficient (Wildman–Crippen LogP) is 3.70. The average Bonchev–Trinajstić information content (AvgIpc) is 3.29. The Hall–Kier alpha value is -3.80. The Morgan fingerprint density at radius 1 is 1.00 bits per heavy atom. The van der Waals surface area contributed by atoms with E-state index < -0.39 is 14.9 Å². The van der Waals surface area contributed by atoms with E-state index >= 15 is 0 Å². The Morgan fingerprint density at radius 2 is 1.74 bits per heavy atom. The predicted molar refractivity (Wildman–Crippen MR) is 127 cm³/mol. The number of sulfonamides is 1. The molecule has 2 heterocycles. The first-order chi connectivity index (χ1) is 16.4. The van der Waals surface area contributed by atoms with Crippen molar-refractivity contribution in [2.24, 2.45) is 0 Å². The Kier molecular flexibility index (Phi) is 5.74. The van der Waals surface area contributed by atoms with Gasteiger partial charge in [0, 0.05) is 30.5 Å². The number of para-hydroxylation sites is 2. The van der Waals surface area contributed by atoms with E-state index in [1.54, 1.807) is 18.5 Å². The SMILES string of the molecule is O=[N+]([O-])c1cc(S(=O)(=O)N2CCOCC2)ccc1Nc1ccc(-n2cnc3ccccc32)cc1. The van der Waals surface area contributed by atoms with Crippen molar-refractivity contribution in [3.8, 4) is 5.69 Å². The molecule has 5 rings (SSSR count). The van der Waals surface area contributed by atoms with E-state index in [0.29, 0.717) is 18.9 Å². The number of nitrogens with one attached hydrogen (secondary N) is 1. The fourth-order valence-corrected chi connectivity index (χ4v) is 5.32. The zero-order chi connectivity index (χ0) is 23.7. The highest BCUT2D eigenvalue weighted by Crippen LogP contribution is 2.32. The minimum absolute atomic E-state index is 0.117. The maximum Gasteiger partial charge on any atom is 0.294 e. The van der Waals surface area contributed by atoms with Crippen LogP contribution in [0.25, 0.3) is 16.7 Å². The minimum Gasteiger partial charge on any atom is -0.379 e. The number of nitro groups is 1. The van der Waals surface area contributed by atoms with Crippen LogP contribution in [0.5, 0.6) is 0 Å². The summed E-state index contributed by atoms with van der Waals surface area (Å²) in [5.41, 5.74) is 3.25. The number of aromatic nitrogens is 2. The monoisotopic (exact) mass is 479 g/mol. The van der Waals surface area contributed by atoms with E-state index in [1.165, 1.54) is 16.4 Å². The highest BCUT2D eigenvalue weighted by atomic mass is 32.2. The van der Waals surface area contributed by atoms with Crippen LogP contribution in [0.1, 0.15) is 0 Å². The van der Waals surface area contributed by atoms with Crippen molar-refractivity contribution in [2.45, 2.75) is 4.90 Å². The second-order valence-electron chi connectivity index (χ2n) is 7.73. The van der Waals surface area contributed by atoms with Crippen molar-refractivity contribution in [2.75, 3.05) is 31.6 Å². The van der Waals surface area contributed by atoms with Gasteiger partial charge in [-0.05, 0) is 48.5 Å². The van der Waals surface area contributed by atoms with Crippen molar-refractivity contribution < 1.29 is 18.1 Å². The molecule has 0 saturated carbocycles. The molecule has 0 amide bonds. The van der Waals surface area contributed by atoms with Crippen molar-refractivity contribution in [1.29, 1.82) is 0 Å². The number of hydrogen-bond acceptors (Lipinski definition) is 7. The van der Waals surface area contributed by atoms with Gasteiger partial charge in [0.2, 0.25) is 10.0 Å². The lowest BCUT2D eigenvalue weighted by molar-refractivity contribution is -0.384. The van der Waals surface area contributed by atoms with Crippen LogP contribution < -0.4 is 5.32 Å². The lowest BCUT2D eigenvalue weighted by atomic mass is 10.2. The molecule has 0 unspecified atom stereocenters. The van der Waals surface area contributed by atoms with Crippen LogP contribution in [-0.2, 0) is 14.8 Å². The molecule has 11 heteroatoms. The molecule has 1 aliphatic heterocycles. The first kappa shape index (κ1) is 22.0. The summed E-state index contributed by atoms with van der Waals surface area (Å²) in [6, 6.07) is 19.0. The summed E-state index contributed by atoms with van der Waals surface area (Å²) in [7, 11) is -3.84. The van der Waals surface area contributed by atoms with Gasteiger partial charge in [-0.15, -0.1) is 0 Å². The third kappa shape index (κ3) is 4.12. The van der Waals surface area contributed by atoms with Gasteiger partial charge < -0.3 is 10.1 Å². The normalized spacial score (nSPS) is 14.8. The molecule has 1 N–H and O–H groups in total. The minimum atomic E-state index is -3.84. The summed E-state index contributed by atoms with van der Waals surface area (Å²) < 4.78 is 34.2. The van der Waals surface area contributed by atoms with Crippen molar-refractivity contribution in [3.05, 3.63) is 83.2 Å². The quantitative estimate of drug-likeness (QED) is 0.331. The van der Waals surface area contributed by atoms with Gasteiger partial charge in [0.05, 0.1) is 34.1 Å². The van der Waals surface area contributed by atoms with E-state index in [2.05, 4.69) is 10.3 Å². The second kappa shape index (κ2) is 8.86. The van der Waals surface area contributed by atoms with E-state index in [9.17, 15) is 18.5 Å². The van der Waals surface area contributed by atoms with Crippen molar-refractivity contribution >= 4 is 38.1 Å². The van der Waals surface area contributed by atoms with E-state index in [1.807, 2.05) is 41.0 Å². The lowest BCUT2D eigenvalue weighted by Gasteiger charge is -2.26. The van der Waals surface area contributed by atoms with Gasteiger partial charge in [-0.1, -0.05) is 12.1 Å². The number of ether oxygens (including phenoxy) is 1. The Balaban J connectivity index is 1.41. The molecule has 3 aromatic carbocycles. The van der Waals surface area contributed by atoms with Crippen LogP contribution >= 0.6 is 0 Å². The number of morpholine rings is 1. The molecule has 0 aliphatic carbocycles. The number of imidazole rings is 1. The smallest absolute Gasteiger partial charge is 0.294 e. The largest absolute Gasteiger partial charge is 0.379 e. The van der Waals surface area contributed by atoms with Crippen LogP contribution in [0, 0.1) is 10.1 Å². The number of nitrogens with zero attached hydrogens (tertiary/aromatic N) is 4. The van der Waals surface area contributed by atoms with Crippen LogP contribution in [0.3, 0.4) is 0 Å². The highest BCUT2D eigenvalue weighted by molar-refractivity contribution is 7.89. The van der Waals surface area contributed by atoms with Crippen LogP contribution in [0.15, 0.2) is 78.0 Å². The van der Waals surface area contributed by atoms with Gasteiger partial charge in [-0.2, -0.15) is 4.31 Å². The summed E-state index contributed by atoms with van der Waals surface area (Å²) in [6.45, 7) is 1.03. The van der Waals surface area contributed by atoms with Crippen molar-refractivity contribution in [3.63, 3.8) is 0 Å². The second-order valence-corrected chi connectivity index (χ2v) is 9.67. The number of rotatable bonds is 6. The van der Waals surface area contributed by atoms with Gasteiger partial charge >= 0.3 is 0 Å². The molecular weight excluding hydrogens is 458 g/mol. The van der Waals surface area contributed by atoms with E-state index in [-0.39, 0.29) is 29.4 Å². The number of anilines is 2. The summed E-state index contributed by atoms with van der Waals surface area (Å²) >= 11 is 0.